The van der Waals surface area contributed by atoms with E-state index in [0.717, 1.165) is 25.7 Å². The third-order valence-electron chi connectivity index (χ3n) is 5.76. The Morgan fingerprint density at radius 3 is 2.13 bits per heavy atom. The lowest BCUT2D eigenvalue weighted by Gasteiger charge is -2.37. The Morgan fingerprint density at radius 2 is 1.60 bits per heavy atom. The number of unbranched alkanes of at least 4 members (excludes halogenated alkanes) is 3. The van der Waals surface area contributed by atoms with Gasteiger partial charge >= 0.3 is 15.2 Å². The van der Waals surface area contributed by atoms with Crippen LogP contribution in [0, 0.1) is 5.92 Å². The van der Waals surface area contributed by atoms with Gasteiger partial charge in [-0.25, -0.2) is 0 Å². The van der Waals surface area contributed by atoms with E-state index in [4.69, 9.17) is 0 Å². The second-order valence-electron chi connectivity index (χ2n) is 8.07. The molecular weight excluding hydrogens is 428 g/mol. The summed E-state index contributed by atoms with van der Waals surface area (Å²) in [6.45, 7) is 1.73. The van der Waals surface area contributed by atoms with Gasteiger partial charge in [-0.05, 0) is 43.7 Å². The number of aliphatic imine (C=N–C) groups is 1. The van der Waals surface area contributed by atoms with Crippen LogP contribution >= 0.6 is 15.2 Å². The average Bonchev–Trinajstić information content (AvgIpc) is 3.10. The van der Waals surface area contributed by atoms with E-state index in [1.54, 1.807) is 25.3 Å². The standard InChI is InChI=1S/C20H31NO7P2/c1-19(14-9-15-21-19)18(16-20(22,29(23,24)25)30(26,27)28)13-8-3-2-5-10-17-11-6-4-7-12-17/h4,6-7,9,11-12,14-15,18,22H,2-3,5,8,10,13,16H2,1H3,(H2,23,24,25)(H2,26,27,28). The highest BCUT2D eigenvalue weighted by molar-refractivity contribution is 7.72. The molecule has 10 heteroatoms. The smallest absolute Gasteiger partial charge is 0.368 e. The van der Waals surface area contributed by atoms with E-state index in [1.807, 2.05) is 18.2 Å². The van der Waals surface area contributed by atoms with Crippen molar-refractivity contribution in [3.63, 3.8) is 0 Å². The van der Waals surface area contributed by atoms with Crippen LogP contribution in [0.15, 0.2) is 47.5 Å². The number of rotatable bonds is 12. The molecule has 0 bridgehead atoms. The molecule has 0 fully saturated rings. The molecule has 8 nitrogen and oxygen atoms in total. The number of hydrogen-bond acceptors (Lipinski definition) is 4. The normalized spacial score (nSPS) is 20.6. The summed E-state index contributed by atoms with van der Waals surface area (Å²) in [6.07, 6.45) is 9.10. The van der Waals surface area contributed by atoms with Crippen molar-refractivity contribution in [2.75, 3.05) is 0 Å². The van der Waals surface area contributed by atoms with E-state index in [9.17, 15) is 33.8 Å². The Balaban J connectivity index is 2.00. The van der Waals surface area contributed by atoms with Crippen LogP contribution < -0.4 is 0 Å². The molecule has 1 aromatic carbocycles. The summed E-state index contributed by atoms with van der Waals surface area (Å²) >= 11 is 0. The van der Waals surface area contributed by atoms with E-state index in [0.29, 0.717) is 12.8 Å². The molecule has 0 aromatic heterocycles. The van der Waals surface area contributed by atoms with Crippen LogP contribution in [-0.2, 0) is 15.6 Å². The number of benzene rings is 1. The van der Waals surface area contributed by atoms with E-state index in [1.165, 1.54) is 5.56 Å². The topological polar surface area (TPSA) is 148 Å². The van der Waals surface area contributed by atoms with Crippen LogP contribution in [0.1, 0.15) is 51.0 Å². The van der Waals surface area contributed by atoms with Crippen molar-refractivity contribution in [1.82, 2.24) is 0 Å². The molecule has 30 heavy (non-hydrogen) atoms. The number of hydrogen-bond donors (Lipinski definition) is 5. The van der Waals surface area contributed by atoms with Crippen molar-refractivity contribution in [2.45, 2.75) is 62.5 Å². The lowest BCUT2D eigenvalue weighted by atomic mass is 9.80. The summed E-state index contributed by atoms with van der Waals surface area (Å²) in [7, 11) is -11.0. The minimum atomic E-state index is -5.50. The molecule has 0 spiro atoms. The minimum Gasteiger partial charge on any atom is -0.368 e. The summed E-state index contributed by atoms with van der Waals surface area (Å²) in [4.78, 5) is 42.4. The molecule has 1 aliphatic heterocycles. The van der Waals surface area contributed by atoms with Crippen LogP contribution in [0.2, 0.25) is 0 Å². The van der Waals surface area contributed by atoms with Crippen molar-refractivity contribution in [2.24, 2.45) is 10.9 Å². The fraction of sp³-hybridized carbons (Fsp3) is 0.550. The quantitative estimate of drug-likeness (QED) is 0.237. The summed E-state index contributed by atoms with van der Waals surface area (Å²) in [6, 6.07) is 10.1. The zero-order chi connectivity index (χ0) is 22.5. The van der Waals surface area contributed by atoms with Crippen molar-refractivity contribution in [1.29, 1.82) is 0 Å². The van der Waals surface area contributed by atoms with E-state index < -0.39 is 38.2 Å². The van der Waals surface area contributed by atoms with Crippen LogP contribution in [0.5, 0.6) is 0 Å². The second kappa shape index (κ2) is 10.0. The van der Waals surface area contributed by atoms with Crippen LogP contribution in [-0.4, -0.2) is 41.5 Å². The molecule has 0 aliphatic carbocycles. The van der Waals surface area contributed by atoms with Gasteiger partial charge in [0, 0.05) is 12.6 Å². The predicted molar refractivity (Wildman–Crippen MR) is 116 cm³/mol. The average molecular weight is 459 g/mol. The molecule has 168 valence electrons. The van der Waals surface area contributed by atoms with Gasteiger partial charge < -0.3 is 24.7 Å². The summed E-state index contributed by atoms with van der Waals surface area (Å²) < 4.78 is 23.6. The first kappa shape index (κ1) is 25.2. The molecule has 0 radical (unpaired) electrons. The van der Waals surface area contributed by atoms with Crippen LogP contribution in [0.4, 0.5) is 0 Å². The fourth-order valence-corrected chi connectivity index (χ4v) is 6.06. The van der Waals surface area contributed by atoms with Gasteiger partial charge in [0.25, 0.3) is 5.08 Å². The fourth-order valence-electron chi connectivity index (χ4n) is 3.78. The first-order valence-corrected chi connectivity index (χ1v) is 13.2. The van der Waals surface area contributed by atoms with Gasteiger partial charge in [0.05, 0.1) is 5.54 Å². The van der Waals surface area contributed by atoms with Crippen molar-refractivity contribution in [3.8, 4) is 0 Å². The number of allylic oxidation sites excluding steroid dienone is 1. The Bertz CT molecular complexity index is 810. The van der Waals surface area contributed by atoms with E-state index >= 15 is 0 Å². The molecule has 2 unspecified atom stereocenters. The van der Waals surface area contributed by atoms with E-state index in [2.05, 4.69) is 17.1 Å². The Morgan fingerprint density at radius 1 is 1.00 bits per heavy atom. The Hall–Kier alpha value is -1.11. The summed E-state index contributed by atoms with van der Waals surface area (Å²) in [5.74, 6) is -0.646. The van der Waals surface area contributed by atoms with Gasteiger partial charge in [0.2, 0.25) is 0 Å². The molecule has 2 rings (SSSR count). The van der Waals surface area contributed by atoms with Crippen molar-refractivity contribution < 1.29 is 33.8 Å². The maximum atomic E-state index is 11.8. The number of aryl methyl sites for hydroxylation is 1. The monoisotopic (exact) mass is 459 g/mol. The van der Waals surface area contributed by atoms with Gasteiger partial charge in [-0.1, -0.05) is 55.7 Å². The third-order valence-corrected chi connectivity index (χ3v) is 9.56. The zero-order valence-electron chi connectivity index (χ0n) is 17.0. The number of aliphatic hydroxyl groups is 1. The molecule has 1 aromatic rings. The van der Waals surface area contributed by atoms with Crippen molar-refractivity contribution >= 4 is 21.4 Å². The van der Waals surface area contributed by atoms with Gasteiger partial charge in [-0.3, -0.25) is 14.1 Å². The zero-order valence-corrected chi connectivity index (χ0v) is 18.8. The molecule has 0 amide bonds. The lowest BCUT2D eigenvalue weighted by Crippen LogP contribution is -2.38. The minimum absolute atomic E-state index is 0.422. The SMILES string of the molecule is CC1(C(CCCCCCc2ccccc2)CC(O)(P(=O)(O)O)P(=O)(O)O)C=CC=N1. The predicted octanol–water partition coefficient (Wildman–Crippen LogP) is 3.59. The molecule has 0 saturated carbocycles. The molecular formula is C20H31NO7P2. The van der Waals surface area contributed by atoms with Crippen molar-refractivity contribution in [3.05, 3.63) is 48.0 Å². The summed E-state index contributed by atoms with van der Waals surface area (Å²) in [5, 5.41) is 6.97. The molecule has 1 heterocycles. The molecule has 0 saturated heterocycles. The Kier molecular flexibility index (Phi) is 8.39. The van der Waals surface area contributed by atoms with Crippen LogP contribution in [0.3, 0.4) is 0 Å². The highest BCUT2D eigenvalue weighted by Crippen LogP contribution is 2.70. The summed E-state index contributed by atoms with van der Waals surface area (Å²) in [5.41, 5.74) is 0.379. The van der Waals surface area contributed by atoms with E-state index in [-0.39, 0.29) is 0 Å². The maximum absolute atomic E-state index is 11.8. The first-order valence-electron chi connectivity index (χ1n) is 10.00. The first-order chi connectivity index (χ1) is 13.9. The largest absolute Gasteiger partial charge is 0.369 e. The van der Waals surface area contributed by atoms with Gasteiger partial charge in [-0.2, -0.15) is 0 Å². The highest BCUT2D eigenvalue weighted by Gasteiger charge is 2.61. The van der Waals surface area contributed by atoms with Crippen LogP contribution in [0.25, 0.3) is 0 Å². The number of nitrogens with zero attached hydrogens (tertiary/aromatic N) is 1. The van der Waals surface area contributed by atoms with Gasteiger partial charge in [-0.15, -0.1) is 0 Å². The molecule has 5 N–H and O–H groups in total. The van der Waals surface area contributed by atoms with Gasteiger partial charge in [0.1, 0.15) is 0 Å². The third kappa shape index (κ3) is 6.21. The molecule has 1 aliphatic rings. The van der Waals surface area contributed by atoms with Gasteiger partial charge in [0.15, 0.2) is 0 Å². The lowest BCUT2D eigenvalue weighted by molar-refractivity contribution is 0.0936. The highest BCUT2D eigenvalue weighted by atomic mass is 31.2. The maximum Gasteiger partial charge on any atom is 0.369 e. The Labute approximate surface area is 177 Å². The molecule has 2 atom stereocenters. The second-order valence-corrected chi connectivity index (χ2v) is 12.1.